The van der Waals surface area contributed by atoms with E-state index in [0.29, 0.717) is 11.3 Å². The Hall–Kier alpha value is -2.17. The van der Waals surface area contributed by atoms with E-state index in [0.717, 1.165) is 4.90 Å². The van der Waals surface area contributed by atoms with Gasteiger partial charge >= 0.3 is 5.97 Å². The van der Waals surface area contributed by atoms with Crippen molar-refractivity contribution in [2.24, 2.45) is 0 Å². The van der Waals surface area contributed by atoms with Gasteiger partial charge in [-0.3, -0.25) is 14.4 Å². The van der Waals surface area contributed by atoms with Crippen LogP contribution in [-0.2, 0) is 19.1 Å². The summed E-state index contributed by atoms with van der Waals surface area (Å²) in [5.74, 6) is -1.76. The van der Waals surface area contributed by atoms with Gasteiger partial charge in [-0.1, -0.05) is 18.2 Å². The molecule has 0 fully saturated rings. The molecule has 1 unspecified atom stereocenters. The summed E-state index contributed by atoms with van der Waals surface area (Å²) in [5, 5.41) is 0. The standard InChI is InChI=1S/C14H15NO4/c1-3-19-13(17)8-11-10-6-4-5-7-12(10)15(9(2)16)14(11)18/h4-7,11H,3,8H2,1-2H3. The third kappa shape index (κ3) is 2.36. The van der Waals surface area contributed by atoms with E-state index in [1.807, 2.05) is 0 Å². The SMILES string of the molecule is CCOC(=O)CC1C(=O)N(C(C)=O)c2ccccc21. The number of ether oxygens (including phenoxy) is 1. The number of amides is 2. The zero-order chi connectivity index (χ0) is 14.0. The van der Waals surface area contributed by atoms with E-state index in [-0.39, 0.29) is 24.8 Å². The Kier molecular flexibility index (Phi) is 3.64. The highest BCUT2D eigenvalue weighted by Gasteiger charge is 2.40. The number of nitrogens with zero attached hydrogens (tertiary/aromatic N) is 1. The van der Waals surface area contributed by atoms with Gasteiger partial charge in [-0.2, -0.15) is 0 Å². The van der Waals surface area contributed by atoms with Crippen molar-refractivity contribution in [3.05, 3.63) is 29.8 Å². The van der Waals surface area contributed by atoms with Gasteiger partial charge in [0, 0.05) is 6.92 Å². The largest absolute Gasteiger partial charge is 0.466 e. The molecule has 5 nitrogen and oxygen atoms in total. The highest BCUT2D eigenvalue weighted by atomic mass is 16.5. The number of fused-ring (bicyclic) bond motifs is 1. The number of carbonyl (C=O) groups is 3. The number of rotatable bonds is 3. The predicted octanol–water partition coefficient (Wildman–Crippen LogP) is 1.62. The molecule has 100 valence electrons. The van der Waals surface area contributed by atoms with E-state index in [2.05, 4.69) is 0 Å². The highest BCUT2D eigenvalue weighted by Crippen LogP contribution is 2.39. The molecule has 5 heteroatoms. The molecular formula is C14H15NO4. The molecule has 2 amide bonds. The number of para-hydroxylation sites is 1. The van der Waals surface area contributed by atoms with Crippen molar-refractivity contribution in [3.63, 3.8) is 0 Å². The fourth-order valence-corrected chi connectivity index (χ4v) is 2.30. The summed E-state index contributed by atoms with van der Waals surface area (Å²) in [7, 11) is 0. The molecule has 19 heavy (non-hydrogen) atoms. The number of esters is 1. The second kappa shape index (κ2) is 5.22. The van der Waals surface area contributed by atoms with Crippen LogP contribution < -0.4 is 4.90 Å². The summed E-state index contributed by atoms with van der Waals surface area (Å²) in [5.41, 5.74) is 1.27. The molecular weight excluding hydrogens is 246 g/mol. The maximum atomic E-state index is 12.2. The van der Waals surface area contributed by atoms with Gasteiger partial charge < -0.3 is 4.74 Å². The molecule has 0 radical (unpaired) electrons. The zero-order valence-electron chi connectivity index (χ0n) is 10.9. The molecule has 1 aromatic rings. The first kappa shape index (κ1) is 13.3. The first-order chi connectivity index (χ1) is 9.06. The molecule has 0 aromatic heterocycles. The molecule has 1 heterocycles. The van der Waals surface area contributed by atoms with Crippen molar-refractivity contribution < 1.29 is 19.1 Å². The van der Waals surface area contributed by atoms with Gasteiger partial charge in [0.05, 0.1) is 24.6 Å². The van der Waals surface area contributed by atoms with E-state index in [1.165, 1.54) is 6.92 Å². The lowest BCUT2D eigenvalue weighted by atomic mass is 9.97. The minimum atomic E-state index is -0.626. The summed E-state index contributed by atoms with van der Waals surface area (Å²) in [4.78, 5) is 36.5. The quantitative estimate of drug-likeness (QED) is 0.775. The van der Waals surface area contributed by atoms with E-state index in [1.54, 1.807) is 31.2 Å². The third-order valence-corrected chi connectivity index (χ3v) is 3.06. The van der Waals surface area contributed by atoms with Crippen molar-refractivity contribution in [3.8, 4) is 0 Å². The fourth-order valence-electron chi connectivity index (χ4n) is 2.30. The fraction of sp³-hybridized carbons (Fsp3) is 0.357. The van der Waals surface area contributed by atoms with E-state index in [9.17, 15) is 14.4 Å². The van der Waals surface area contributed by atoms with Crippen LogP contribution in [0.2, 0.25) is 0 Å². The van der Waals surface area contributed by atoms with E-state index >= 15 is 0 Å². The maximum absolute atomic E-state index is 12.2. The zero-order valence-corrected chi connectivity index (χ0v) is 10.9. The molecule has 0 saturated carbocycles. The number of anilines is 1. The van der Waals surface area contributed by atoms with Crippen LogP contribution in [0.25, 0.3) is 0 Å². The number of benzene rings is 1. The lowest BCUT2D eigenvalue weighted by Gasteiger charge is -2.13. The number of carbonyl (C=O) groups excluding carboxylic acids is 3. The first-order valence-corrected chi connectivity index (χ1v) is 6.15. The summed E-state index contributed by atoms with van der Waals surface area (Å²) >= 11 is 0. The van der Waals surface area contributed by atoms with Crippen LogP contribution in [0.15, 0.2) is 24.3 Å². The molecule has 0 bridgehead atoms. The number of imide groups is 1. The Morgan fingerprint density at radius 3 is 2.63 bits per heavy atom. The minimum absolute atomic E-state index is 0.0343. The van der Waals surface area contributed by atoms with Gasteiger partial charge in [-0.15, -0.1) is 0 Å². The van der Waals surface area contributed by atoms with Gasteiger partial charge in [0.15, 0.2) is 0 Å². The van der Waals surface area contributed by atoms with Gasteiger partial charge in [-0.05, 0) is 18.6 Å². The normalized spacial score (nSPS) is 17.3. The molecule has 0 aliphatic carbocycles. The summed E-state index contributed by atoms with van der Waals surface area (Å²) < 4.78 is 4.87. The van der Waals surface area contributed by atoms with Crippen LogP contribution in [0.5, 0.6) is 0 Å². The molecule has 0 spiro atoms. The van der Waals surface area contributed by atoms with Gasteiger partial charge in [0.2, 0.25) is 11.8 Å². The van der Waals surface area contributed by atoms with Gasteiger partial charge in [-0.25, -0.2) is 4.90 Å². The lowest BCUT2D eigenvalue weighted by Crippen LogP contribution is -2.33. The minimum Gasteiger partial charge on any atom is -0.466 e. The number of hydrogen-bond acceptors (Lipinski definition) is 4. The topological polar surface area (TPSA) is 63.7 Å². The Morgan fingerprint density at radius 2 is 2.00 bits per heavy atom. The van der Waals surface area contributed by atoms with Gasteiger partial charge in [0.1, 0.15) is 0 Å². The van der Waals surface area contributed by atoms with Crippen molar-refractivity contribution >= 4 is 23.5 Å². The smallest absolute Gasteiger partial charge is 0.306 e. The average molecular weight is 261 g/mol. The molecule has 1 aliphatic heterocycles. The van der Waals surface area contributed by atoms with Crippen molar-refractivity contribution in [1.82, 2.24) is 0 Å². The predicted molar refractivity (Wildman–Crippen MR) is 68.6 cm³/mol. The molecule has 2 rings (SSSR count). The second-order valence-corrected chi connectivity index (χ2v) is 4.31. The summed E-state index contributed by atoms with van der Waals surface area (Å²) in [6, 6.07) is 7.02. The monoisotopic (exact) mass is 261 g/mol. The van der Waals surface area contributed by atoms with Crippen molar-refractivity contribution in [2.45, 2.75) is 26.2 Å². The van der Waals surface area contributed by atoms with Crippen LogP contribution in [-0.4, -0.2) is 24.4 Å². The third-order valence-electron chi connectivity index (χ3n) is 3.06. The Morgan fingerprint density at radius 1 is 1.32 bits per heavy atom. The first-order valence-electron chi connectivity index (χ1n) is 6.15. The molecule has 1 atom stereocenters. The van der Waals surface area contributed by atoms with Crippen molar-refractivity contribution in [2.75, 3.05) is 11.5 Å². The van der Waals surface area contributed by atoms with Crippen molar-refractivity contribution in [1.29, 1.82) is 0 Å². The summed E-state index contributed by atoms with van der Waals surface area (Å²) in [6.45, 7) is 3.32. The van der Waals surface area contributed by atoms with Crippen LogP contribution >= 0.6 is 0 Å². The molecule has 0 saturated heterocycles. The van der Waals surface area contributed by atoms with Crippen LogP contribution in [0.4, 0.5) is 5.69 Å². The second-order valence-electron chi connectivity index (χ2n) is 4.31. The highest BCUT2D eigenvalue weighted by molar-refractivity contribution is 6.21. The Bertz CT molecular complexity index is 538. The molecule has 1 aromatic carbocycles. The van der Waals surface area contributed by atoms with Crippen LogP contribution in [0.1, 0.15) is 31.7 Å². The van der Waals surface area contributed by atoms with Crippen LogP contribution in [0, 0.1) is 0 Å². The van der Waals surface area contributed by atoms with E-state index in [4.69, 9.17) is 4.74 Å². The maximum Gasteiger partial charge on any atom is 0.306 e. The van der Waals surface area contributed by atoms with E-state index < -0.39 is 11.9 Å². The van der Waals surface area contributed by atoms with Crippen LogP contribution in [0.3, 0.4) is 0 Å². The van der Waals surface area contributed by atoms with Gasteiger partial charge in [0.25, 0.3) is 0 Å². The number of hydrogen-bond donors (Lipinski definition) is 0. The Balaban J connectivity index is 2.33. The summed E-state index contributed by atoms with van der Waals surface area (Å²) in [6.07, 6.45) is -0.0343. The molecule has 1 aliphatic rings. The molecule has 0 N–H and O–H groups in total. The Labute approximate surface area is 111 Å². The average Bonchev–Trinajstić information content (AvgIpc) is 2.63. The lowest BCUT2D eigenvalue weighted by molar-refractivity contribution is -0.145.